The molecular formula is C13H13N3O2S. The Morgan fingerprint density at radius 2 is 2.26 bits per heavy atom. The number of sulfone groups is 1. The number of fused-ring (bicyclic) bond motifs is 1. The van der Waals surface area contributed by atoms with Crippen molar-refractivity contribution in [2.24, 2.45) is 7.05 Å². The van der Waals surface area contributed by atoms with Crippen LogP contribution in [-0.2, 0) is 16.9 Å². The zero-order valence-corrected chi connectivity index (χ0v) is 11.3. The molecule has 2 heterocycles. The first-order chi connectivity index (χ1) is 9.02. The van der Waals surface area contributed by atoms with Crippen LogP contribution in [0.2, 0.25) is 0 Å². The van der Waals surface area contributed by atoms with Crippen molar-refractivity contribution in [3.8, 4) is 6.07 Å². The number of para-hydroxylation sites is 1. The van der Waals surface area contributed by atoms with Gasteiger partial charge in [-0.3, -0.25) is 0 Å². The molecule has 1 saturated heterocycles. The van der Waals surface area contributed by atoms with Crippen LogP contribution in [0, 0.1) is 11.3 Å². The van der Waals surface area contributed by atoms with Crippen molar-refractivity contribution in [1.82, 2.24) is 9.55 Å². The van der Waals surface area contributed by atoms with Crippen molar-refractivity contribution in [1.29, 1.82) is 5.26 Å². The van der Waals surface area contributed by atoms with Crippen LogP contribution in [0.25, 0.3) is 11.0 Å². The fourth-order valence-corrected chi connectivity index (χ4v) is 4.43. The highest BCUT2D eigenvalue weighted by Gasteiger charge is 2.32. The lowest BCUT2D eigenvalue weighted by Crippen LogP contribution is -2.08. The van der Waals surface area contributed by atoms with E-state index in [0.717, 1.165) is 11.3 Å². The van der Waals surface area contributed by atoms with Gasteiger partial charge in [0.15, 0.2) is 9.84 Å². The Labute approximate surface area is 111 Å². The maximum absolute atomic E-state index is 11.6. The topological polar surface area (TPSA) is 75.8 Å². The summed E-state index contributed by atoms with van der Waals surface area (Å²) < 4.78 is 25.1. The lowest BCUT2D eigenvalue weighted by molar-refractivity contribution is 0.600. The SMILES string of the molecule is Cn1c(C2CCS(=O)(=O)C2)nc2c(C#N)cccc21. The number of nitrogens with zero attached hydrogens (tertiary/aromatic N) is 3. The van der Waals surface area contributed by atoms with Crippen LogP contribution in [0.4, 0.5) is 0 Å². The maximum atomic E-state index is 11.6. The Balaban J connectivity index is 2.16. The Bertz CT molecular complexity index is 799. The van der Waals surface area contributed by atoms with Crippen LogP contribution < -0.4 is 0 Å². The van der Waals surface area contributed by atoms with Gasteiger partial charge in [0.1, 0.15) is 17.4 Å². The molecule has 1 fully saturated rings. The van der Waals surface area contributed by atoms with Crippen LogP contribution in [0.15, 0.2) is 18.2 Å². The van der Waals surface area contributed by atoms with E-state index >= 15 is 0 Å². The third kappa shape index (κ3) is 1.90. The van der Waals surface area contributed by atoms with Gasteiger partial charge in [-0.25, -0.2) is 13.4 Å². The zero-order valence-electron chi connectivity index (χ0n) is 10.5. The van der Waals surface area contributed by atoms with Gasteiger partial charge in [0.25, 0.3) is 0 Å². The lowest BCUT2D eigenvalue weighted by Gasteiger charge is -2.07. The summed E-state index contributed by atoms with van der Waals surface area (Å²) in [5.41, 5.74) is 2.06. The van der Waals surface area contributed by atoms with Gasteiger partial charge in [0.2, 0.25) is 0 Å². The Kier molecular flexibility index (Phi) is 2.61. The molecule has 0 aliphatic carbocycles. The monoisotopic (exact) mass is 275 g/mol. The first-order valence-electron chi connectivity index (χ1n) is 6.08. The second-order valence-electron chi connectivity index (χ2n) is 4.91. The van der Waals surface area contributed by atoms with Gasteiger partial charge < -0.3 is 4.57 Å². The van der Waals surface area contributed by atoms with Gasteiger partial charge >= 0.3 is 0 Å². The molecule has 0 saturated carbocycles. The summed E-state index contributed by atoms with van der Waals surface area (Å²) >= 11 is 0. The molecule has 2 aromatic rings. The number of nitriles is 1. The summed E-state index contributed by atoms with van der Waals surface area (Å²) in [5.74, 6) is 1.09. The van der Waals surface area contributed by atoms with Gasteiger partial charge in [-0.05, 0) is 18.6 Å². The van der Waals surface area contributed by atoms with E-state index in [0.29, 0.717) is 17.5 Å². The van der Waals surface area contributed by atoms with E-state index in [9.17, 15) is 8.42 Å². The summed E-state index contributed by atoms with van der Waals surface area (Å²) in [6, 6.07) is 7.57. The van der Waals surface area contributed by atoms with Gasteiger partial charge in [0, 0.05) is 13.0 Å². The number of hydrogen-bond acceptors (Lipinski definition) is 4. The number of benzene rings is 1. The van der Waals surface area contributed by atoms with Crippen LogP contribution in [0.1, 0.15) is 23.7 Å². The van der Waals surface area contributed by atoms with E-state index < -0.39 is 9.84 Å². The highest BCUT2D eigenvalue weighted by Crippen LogP contribution is 2.30. The highest BCUT2D eigenvalue weighted by atomic mass is 32.2. The maximum Gasteiger partial charge on any atom is 0.151 e. The molecule has 0 N–H and O–H groups in total. The van der Waals surface area contributed by atoms with E-state index in [1.54, 1.807) is 6.07 Å². The average Bonchev–Trinajstić information content (AvgIpc) is 2.90. The number of aromatic nitrogens is 2. The molecule has 0 spiro atoms. The van der Waals surface area contributed by atoms with Crippen molar-refractivity contribution in [3.05, 3.63) is 29.6 Å². The van der Waals surface area contributed by atoms with Crippen molar-refractivity contribution in [3.63, 3.8) is 0 Å². The average molecular weight is 275 g/mol. The van der Waals surface area contributed by atoms with E-state index in [4.69, 9.17) is 5.26 Å². The highest BCUT2D eigenvalue weighted by molar-refractivity contribution is 7.91. The van der Waals surface area contributed by atoms with Gasteiger partial charge in [0.05, 0.1) is 22.6 Å². The fourth-order valence-electron chi connectivity index (χ4n) is 2.69. The molecule has 0 bridgehead atoms. The molecule has 19 heavy (non-hydrogen) atoms. The summed E-state index contributed by atoms with van der Waals surface area (Å²) in [4.78, 5) is 4.51. The van der Waals surface area contributed by atoms with E-state index in [-0.39, 0.29) is 17.4 Å². The minimum absolute atomic E-state index is 0.0612. The standard InChI is InChI=1S/C13H13N3O2S/c1-16-11-4-2-3-9(7-14)12(11)15-13(16)10-5-6-19(17,18)8-10/h2-4,10H,5-6,8H2,1H3. The number of aryl methyl sites for hydroxylation is 1. The smallest absolute Gasteiger partial charge is 0.151 e. The second kappa shape index (κ2) is 4.07. The van der Waals surface area contributed by atoms with E-state index in [1.165, 1.54) is 0 Å². The quantitative estimate of drug-likeness (QED) is 0.787. The summed E-state index contributed by atoms with van der Waals surface area (Å²) in [6.45, 7) is 0. The summed E-state index contributed by atoms with van der Waals surface area (Å²) in [7, 11) is -1.06. The van der Waals surface area contributed by atoms with Crippen molar-refractivity contribution in [2.75, 3.05) is 11.5 Å². The molecule has 1 aromatic carbocycles. The number of hydrogen-bond donors (Lipinski definition) is 0. The Morgan fingerprint density at radius 1 is 1.47 bits per heavy atom. The Hall–Kier alpha value is -1.87. The minimum atomic E-state index is -2.93. The van der Waals surface area contributed by atoms with E-state index in [2.05, 4.69) is 11.1 Å². The summed E-state index contributed by atoms with van der Waals surface area (Å²) in [5, 5.41) is 9.09. The van der Waals surface area contributed by atoms with Crippen molar-refractivity contribution in [2.45, 2.75) is 12.3 Å². The van der Waals surface area contributed by atoms with Gasteiger partial charge in [-0.2, -0.15) is 5.26 Å². The molecule has 1 aliphatic rings. The Morgan fingerprint density at radius 3 is 2.89 bits per heavy atom. The lowest BCUT2D eigenvalue weighted by atomic mass is 10.1. The molecule has 98 valence electrons. The molecule has 0 amide bonds. The third-order valence-electron chi connectivity index (χ3n) is 3.66. The second-order valence-corrected chi connectivity index (χ2v) is 7.14. The van der Waals surface area contributed by atoms with Crippen LogP contribution in [-0.4, -0.2) is 29.5 Å². The van der Waals surface area contributed by atoms with Crippen LogP contribution >= 0.6 is 0 Å². The minimum Gasteiger partial charge on any atom is -0.331 e. The normalized spacial score (nSPS) is 21.6. The molecule has 1 atom stereocenters. The predicted octanol–water partition coefficient (Wildman–Crippen LogP) is 1.35. The number of rotatable bonds is 1. The largest absolute Gasteiger partial charge is 0.331 e. The summed E-state index contributed by atoms with van der Waals surface area (Å²) in [6.07, 6.45) is 0.612. The molecular weight excluding hydrogens is 262 g/mol. The first kappa shape index (κ1) is 12.2. The third-order valence-corrected chi connectivity index (χ3v) is 5.43. The molecule has 5 nitrogen and oxygen atoms in total. The van der Waals surface area contributed by atoms with Crippen LogP contribution in [0.5, 0.6) is 0 Å². The molecule has 1 aliphatic heterocycles. The van der Waals surface area contributed by atoms with Gasteiger partial charge in [-0.15, -0.1) is 0 Å². The number of imidazole rings is 1. The molecule has 1 aromatic heterocycles. The fraction of sp³-hybridized carbons (Fsp3) is 0.385. The molecule has 1 unspecified atom stereocenters. The predicted molar refractivity (Wildman–Crippen MR) is 71.4 cm³/mol. The zero-order chi connectivity index (χ0) is 13.6. The van der Waals surface area contributed by atoms with E-state index in [1.807, 2.05) is 23.7 Å². The van der Waals surface area contributed by atoms with Crippen molar-refractivity contribution >= 4 is 20.9 Å². The van der Waals surface area contributed by atoms with Crippen LogP contribution in [0.3, 0.4) is 0 Å². The van der Waals surface area contributed by atoms with Gasteiger partial charge in [-0.1, -0.05) is 6.07 Å². The van der Waals surface area contributed by atoms with Crippen molar-refractivity contribution < 1.29 is 8.42 Å². The molecule has 0 radical (unpaired) electrons. The molecule has 3 rings (SSSR count). The first-order valence-corrected chi connectivity index (χ1v) is 7.90. The molecule has 6 heteroatoms.